The Morgan fingerprint density at radius 3 is 2.29 bits per heavy atom. The minimum atomic E-state index is -3.64. The van der Waals surface area contributed by atoms with Crippen LogP contribution in [0.1, 0.15) is 43.4 Å². The zero-order valence-electron chi connectivity index (χ0n) is 17.9. The average Bonchev–Trinajstić information content (AvgIpc) is 2.64. The number of nitrogens with one attached hydrogen (secondary N) is 1. The summed E-state index contributed by atoms with van der Waals surface area (Å²) in [5.41, 5.74) is 2.80. The molecule has 0 atom stereocenters. The van der Waals surface area contributed by atoms with Crippen LogP contribution in [-0.4, -0.2) is 62.8 Å². The van der Waals surface area contributed by atoms with Crippen LogP contribution in [0.3, 0.4) is 0 Å². The first kappa shape index (κ1) is 22.8. The van der Waals surface area contributed by atoms with Crippen molar-refractivity contribution in [1.82, 2.24) is 14.5 Å². The number of hydrogen-bond donors (Lipinski definition) is 1. The number of nitrogens with zero attached hydrogens (tertiary/aromatic N) is 2. The lowest BCUT2D eigenvalue weighted by molar-refractivity contribution is -0.131. The molecule has 1 aromatic carbocycles. The normalized spacial score (nSPS) is 15.5. The van der Waals surface area contributed by atoms with Gasteiger partial charge in [-0.2, -0.15) is 4.31 Å². The lowest BCUT2D eigenvalue weighted by Crippen LogP contribution is -2.47. The van der Waals surface area contributed by atoms with E-state index < -0.39 is 10.0 Å². The smallest absolute Gasteiger partial charge is 0.243 e. The Morgan fingerprint density at radius 1 is 1.07 bits per heavy atom. The van der Waals surface area contributed by atoms with E-state index in [1.54, 1.807) is 6.07 Å². The highest BCUT2D eigenvalue weighted by atomic mass is 32.2. The van der Waals surface area contributed by atoms with Gasteiger partial charge in [-0.25, -0.2) is 8.42 Å². The van der Waals surface area contributed by atoms with E-state index in [0.717, 1.165) is 36.2 Å². The van der Waals surface area contributed by atoms with Crippen LogP contribution in [0.15, 0.2) is 17.0 Å². The highest BCUT2D eigenvalue weighted by molar-refractivity contribution is 7.89. The number of carbonyl (C=O) groups is 1. The van der Waals surface area contributed by atoms with Gasteiger partial charge in [0.15, 0.2) is 0 Å². The zero-order valence-corrected chi connectivity index (χ0v) is 18.7. The molecule has 1 aliphatic heterocycles. The molecular formula is C21H35N3O3S. The molecule has 0 bridgehead atoms. The minimum Gasteiger partial charge on any atom is -0.340 e. The third-order valence-corrected chi connectivity index (χ3v) is 7.45. The Hall–Kier alpha value is -1.44. The average molecular weight is 410 g/mol. The maximum absolute atomic E-state index is 13.4. The first-order valence-electron chi connectivity index (χ1n) is 10.2. The van der Waals surface area contributed by atoms with E-state index in [0.29, 0.717) is 30.4 Å². The second kappa shape index (κ2) is 9.85. The number of sulfonamides is 1. The van der Waals surface area contributed by atoms with Gasteiger partial charge in [0.05, 0.1) is 4.90 Å². The van der Waals surface area contributed by atoms with Gasteiger partial charge < -0.3 is 10.2 Å². The standard InChI is InChI=1S/C21H35N3O3S/c1-16(2)6-10-24(11-7-21(25)23-12-8-22-9-13-23)28(26,27)20-15-18(4)17(3)14-19(20)5/h14-16,22H,6-13H2,1-5H3. The Bertz CT molecular complexity index is 784. The molecule has 1 aliphatic rings. The Morgan fingerprint density at radius 2 is 1.68 bits per heavy atom. The van der Waals surface area contributed by atoms with Crippen molar-refractivity contribution in [3.63, 3.8) is 0 Å². The third-order valence-electron chi connectivity index (χ3n) is 5.41. The lowest BCUT2D eigenvalue weighted by atomic mass is 10.1. The van der Waals surface area contributed by atoms with Gasteiger partial charge in [-0.3, -0.25) is 4.79 Å². The summed E-state index contributed by atoms with van der Waals surface area (Å²) >= 11 is 0. The maximum atomic E-state index is 13.4. The van der Waals surface area contributed by atoms with Crippen LogP contribution in [0.5, 0.6) is 0 Å². The van der Waals surface area contributed by atoms with Crippen molar-refractivity contribution in [3.8, 4) is 0 Å². The molecule has 7 heteroatoms. The predicted molar refractivity (Wildman–Crippen MR) is 113 cm³/mol. The number of rotatable bonds is 8. The molecule has 28 heavy (non-hydrogen) atoms. The van der Waals surface area contributed by atoms with Crippen molar-refractivity contribution >= 4 is 15.9 Å². The van der Waals surface area contributed by atoms with Crippen molar-refractivity contribution < 1.29 is 13.2 Å². The molecule has 0 spiro atoms. The Labute approximate surface area is 170 Å². The maximum Gasteiger partial charge on any atom is 0.243 e. The summed E-state index contributed by atoms with van der Waals surface area (Å²) in [4.78, 5) is 14.7. The number of hydrogen-bond acceptors (Lipinski definition) is 4. The van der Waals surface area contributed by atoms with Gasteiger partial charge >= 0.3 is 0 Å². The van der Waals surface area contributed by atoms with E-state index in [-0.39, 0.29) is 18.9 Å². The van der Waals surface area contributed by atoms with Crippen LogP contribution in [0.25, 0.3) is 0 Å². The molecule has 1 saturated heterocycles. The van der Waals surface area contributed by atoms with Gasteiger partial charge in [0, 0.05) is 45.7 Å². The van der Waals surface area contributed by atoms with Gasteiger partial charge in [0.25, 0.3) is 0 Å². The minimum absolute atomic E-state index is 0.0306. The molecule has 1 amide bonds. The lowest BCUT2D eigenvalue weighted by Gasteiger charge is -2.29. The molecule has 1 aromatic rings. The number of amides is 1. The van der Waals surface area contributed by atoms with Crippen LogP contribution in [0, 0.1) is 26.7 Å². The summed E-state index contributed by atoms with van der Waals surface area (Å²) in [5, 5.41) is 3.23. The molecule has 1 heterocycles. The van der Waals surface area contributed by atoms with E-state index in [9.17, 15) is 13.2 Å². The van der Waals surface area contributed by atoms with E-state index in [1.165, 1.54) is 4.31 Å². The molecule has 0 unspecified atom stereocenters. The van der Waals surface area contributed by atoms with Gasteiger partial charge in [-0.15, -0.1) is 0 Å². The topological polar surface area (TPSA) is 69.7 Å². The van der Waals surface area contributed by atoms with Crippen molar-refractivity contribution in [2.24, 2.45) is 5.92 Å². The fourth-order valence-electron chi connectivity index (χ4n) is 3.40. The second-order valence-electron chi connectivity index (χ2n) is 8.17. The molecule has 0 aromatic heterocycles. The van der Waals surface area contributed by atoms with Gasteiger partial charge in [0.2, 0.25) is 15.9 Å². The molecule has 6 nitrogen and oxygen atoms in total. The van der Waals surface area contributed by atoms with Crippen LogP contribution in [0.2, 0.25) is 0 Å². The fourth-order valence-corrected chi connectivity index (χ4v) is 5.15. The van der Waals surface area contributed by atoms with Crippen LogP contribution >= 0.6 is 0 Å². The van der Waals surface area contributed by atoms with E-state index in [2.05, 4.69) is 19.2 Å². The monoisotopic (exact) mass is 409 g/mol. The number of piperazine rings is 1. The van der Waals surface area contributed by atoms with Gasteiger partial charge in [-0.05, 0) is 55.9 Å². The Kier molecular flexibility index (Phi) is 8.04. The fraction of sp³-hybridized carbons (Fsp3) is 0.667. The second-order valence-corrected chi connectivity index (χ2v) is 10.1. The molecule has 158 valence electrons. The summed E-state index contributed by atoms with van der Waals surface area (Å²) in [7, 11) is -3.64. The predicted octanol–water partition coefficient (Wildman–Crippen LogP) is 2.47. The summed E-state index contributed by atoms with van der Waals surface area (Å²) < 4.78 is 28.3. The molecular weight excluding hydrogens is 374 g/mol. The largest absolute Gasteiger partial charge is 0.340 e. The molecule has 0 aliphatic carbocycles. The summed E-state index contributed by atoms with van der Waals surface area (Å²) in [5.74, 6) is 0.422. The van der Waals surface area contributed by atoms with Gasteiger partial charge in [0.1, 0.15) is 0 Å². The van der Waals surface area contributed by atoms with Crippen LogP contribution < -0.4 is 5.32 Å². The molecule has 1 fully saturated rings. The third kappa shape index (κ3) is 5.78. The van der Waals surface area contributed by atoms with Crippen molar-refractivity contribution in [3.05, 3.63) is 28.8 Å². The van der Waals surface area contributed by atoms with Gasteiger partial charge in [-0.1, -0.05) is 19.9 Å². The highest BCUT2D eigenvalue weighted by Gasteiger charge is 2.28. The Balaban J connectivity index is 2.21. The van der Waals surface area contributed by atoms with Crippen molar-refractivity contribution in [2.45, 2.75) is 52.4 Å². The molecule has 2 rings (SSSR count). The summed E-state index contributed by atoms with van der Waals surface area (Å²) in [6.45, 7) is 13.5. The van der Waals surface area contributed by atoms with Crippen LogP contribution in [-0.2, 0) is 14.8 Å². The van der Waals surface area contributed by atoms with E-state index >= 15 is 0 Å². The van der Waals surface area contributed by atoms with Crippen molar-refractivity contribution in [1.29, 1.82) is 0 Å². The van der Waals surface area contributed by atoms with E-state index in [4.69, 9.17) is 0 Å². The summed E-state index contributed by atoms with van der Waals surface area (Å²) in [6.07, 6.45) is 0.992. The zero-order chi connectivity index (χ0) is 20.9. The summed E-state index contributed by atoms with van der Waals surface area (Å²) in [6, 6.07) is 3.69. The van der Waals surface area contributed by atoms with Crippen LogP contribution in [0.4, 0.5) is 0 Å². The number of aryl methyl sites for hydroxylation is 3. The highest BCUT2D eigenvalue weighted by Crippen LogP contribution is 2.24. The van der Waals surface area contributed by atoms with E-state index in [1.807, 2.05) is 31.7 Å². The van der Waals surface area contributed by atoms with Crippen molar-refractivity contribution in [2.75, 3.05) is 39.3 Å². The number of carbonyl (C=O) groups excluding carboxylic acids is 1. The number of benzene rings is 1. The SMILES string of the molecule is Cc1cc(C)c(S(=O)(=O)N(CCC(=O)N2CCNCC2)CCC(C)C)cc1C. The first-order chi connectivity index (χ1) is 13.1. The molecule has 0 radical (unpaired) electrons. The molecule has 1 N–H and O–H groups in total. The molecule has 0 saturated carbocycles. The quantitative estimate of drug-likeness (QED) is 0.716. The first-order valence-corrected chi connectivity index (χ1v) is 11.6.